The monoisotopic (exact) mass is 484 g/mol. The summed E-state index contributed by atoms with van der Waals surface area (Å²) in [6, 6.07) is 13.5. The number of carbonyl (C=O) groups is 1. The van der Waals surface area contributed by atoms with Gasteiger partial charge in [0.1, 0.15) is 0 Å². The fourth-order valence-corrected chi connectivity index (χ4v) is 4.72. The summed E-state index contributed by atoms with van der Waals surface area (Å²) in [5.74, 6) is 0.465. The van der Waals surface area contributed by atoms with Gasteiger partial charge in [-0.2, -0.15) is 5.10 Å². The van der Waals surface area contributed by atoms with E-state index < -0.39 is 5.82 Å². The molecule has 9 heteroatoms. The normalized spacial score (nSPS) is 16.8. The SMILES string of the molecule is O=C(CC1CCOC1)N1Cc2ccc(-c3ncc(F)c(Nc4ccc(-c5cn[nH]c5)cc4)n3)cc2C1. The zero-order valence-electron chi connectivity index (χ0n) is 19.6. The smallest absolute Gasteiger partial charge is 0.223 e. The fourth-order valence-electron chi connectivity index (χ4n) is 4.72. The predicted molar refractivity (Wildman–Crippen MR) is 133 cm³/mol. The predicted octanol–water partition coefficient (Wildman–Crippen LogP) is 4.69. The molecule has 6 rings (SSSR count). The highest BCUT2D eigenvalue weighted by Gasteiger charge is 2.27. The Bertz CT molecular complexity index is 1380. The van der Waals surface area contributed by atoms with Crippen LogP contribution in [0.3, 0.4) is 0 Å². The quantitative estimate of drug-likeness (QED) is 0.412. The average Bonchev–Trinajstić information content (AvgIpc) is 3.67. The first-order valence-electron chi connectivity index (χ1n) is 12.0. The van der Waals surface area contributed by atoms with Gasteiger partial charge in [0.2, 0.25) is 5.91 Å². The van der Waals surface area contributed by atoms with Crippen LogP contribution in [0.15, 0.2) is 61.1 Å². The molecule has 0 spiro atoms. The van der Waals surface area contributed by atoms with Gasteiger partial charge in [0, 0.05) is 55.7 Å². The lowest BCUT2D eigenvalue weighted by Crippen LogP contribution is -2.27. The van der Waals surface area contributed by atoms with Gasteiger partial charge in [0.15, 0.2) is 17.5 Å². The Kier molecular flexibility index (Phi) is 5.90. The van der Waals surface area contributed by atoms with E-state index in [1.165, 1.54) is 6.20 Å². The van der Waals surface area contributed by atoms with E-state index in [0.717, 1.165) is 40.8 Å². The number of aromatic nitrogens is 4. The molecule has 1 saturated heterocycles. The topological polar surface area (TPSA) is 96.0 Å². The molecule has 0 saturated carbocycles. The van der Waals surface area contributed by atoms with Crippen molar-refractivity contribution in [2.45, 2.75) is 25.9 Å². The number of anilines is 2. The van der Waals surface area contributed by atoms with E-state index in [9.17, 15) is 9.18 Å². The van der Waals surface area contributed by atoms with Gasteiger partial charge in [-0.05, 0) is 47.2 Å². The Morgan fingerprint density at radius 2 is 1.92 bits per heavy atom. The lowest BCUT2D eigenvalue weighted by Gasteiger charge is -2.17. The highest BCUT2D eigenvalue weighted by atomic mass is 19.1. The second-order valence-corrected chi connectivity index (χ2v) is 9.25. The largest absolute Gasteiger partial charge is 0.381 e. The number of fused-ring (bicyclic) bond motifs is 1. The Labute approximate surface area is 207 Å². The molecule has 0 bridgehead atoms. The molecule has 2 N–H and O–H groups in total. The van der Waals surface area contributed by atoms with Crippen LogP contribution in [0.1, 0.15) is 24.0 Å². The molecule has 4 heterocycles. The Balaban J connectivity index is 1.17. The number of nitrogens with one attached hydrogen (secondary N) is 2. The van der Waals surface area contributed by atoms with Crippen LogP contribution in [0, 0.1) is 11.7 Å². The van der Waals surface area contributed by atoms with Gasteiger partial charge in [-0.1, -0.05) is 24.3 Å². The summed E-state index contributed by atoms with van der Waals surface area (Å²) in [7, 11) is 0. The Hall–Kier alpha value is -4.11. The maximum absolute atomic E-state index is 14.5. The number of ether oxygens (including phenoxy) is 1. The van der Waals surface area contributed by atoms with Crippen molar-refractivity contribution in [3.8, 4) is 22.5 Å². The zero-order valence-corrected chi connectivity index (χ0v) is 19.6. The van der Waals surface area contributed by atoms with E-state index in [1.807, 2.05) is 53.6 Å². The van der Waals surface area contributed by atoms with Gasteiger partial charge in [0.05, 0.1) is 12.4 Å². The maximum Gasteiger partial charge on any atom is 0.223 e. The fraction of sp³-hybridized carbons (Fsp3) is 0.259. The van der Waals surface area contributed by atoms with Crippen molar-refractivity contribution in [1.29, 1.82) is 0 Å². The van der Waals surface area contributed by atoms with Crippen LogP contribution in [-0.4, -0.2) is 44.2 Å². The number of H-pyrrole nitrogens is 1. The summed E-state index contributed by atoms with van der Waals surface area (Å²) in [5, 5.41) is 9.81. The van der Waals surface area contributed by atoms with Crippen molar-refractivity contribution >= 4 is 17.4 Å². The van der Waals surface area contributed by atoms with Gasteiger partial charge in [0.25, 0.3) is 0 Å². The van der Waals surface area contributed by atoms with Gasteiger partial charge in [-0.25, -0.2) is 14.4 Å². The number of nitrogens with zero attached hydrogens (tertiary/aromatic N) is 4. The van der Waals surface area contributed by atoms with Gasteiger partial charge in [-0.15, -0.1) is 0 Å². The number of benzene rings is 2. The van der Waals surface area contributed by atoms with E-state index >= 15 is 0 Å². The number of aromatic amines is 1. The van der Waals surface area contributed by atoms with Crippen LogP contribution in [0.25, 0.3) is 22.5 Å². The van der Waals surface area contributed by atoms with Crippen LogP contribution in [0.4, 0.5) is 15.9 Å². The third-order valence-electron chi connectivity index (χ3n) is 6.75. The van der Waals surface area contributed by atoms with Crippen molar-refractivity contribution in [3.63, 3.8) is 0 Å². The molecule has 2 aromatic carbocycles. The standard InChI is InChI=1S/C27H25FN6O2/c28-24-13-29-26(33-27(24)32-23-5-3-18(4-6-23)22-11-30-31-12-22)19-1-2-20-14-34(15-21(20)10-19)25(35)9-17-7-8-36-16-17/h1-6,10-13,17H,7-9,14-16H2,(H,30,31)(H,29,32,33). The lowest BCUT2D eigenvalue weighted by atomic mass is 10.0. The molecule has 1 fully saturated rings. The molecule has 1 unspecified atom stereocenters. The average molecular weight is 485 g/mol. The number of carbonyl (C=O) groups excluding carboxylic acids is 1. The Morgan fingerprint density at radius 3 is 2.69 bits per heavy atom. The maximum atomic E-state index is 14.5. The van der Waals surface area contributed by atoms with Gasteiger partial charge < -0.3 is 15.0 Å². The second kappa shape index (κ2) is 9.50. The van der Waals surface area contributed by atoms with E-state index in [4.69, 9.17) is 4.74 Å². The van der Waals surface area contributed by atoms with E-state index in [0.29, 0.717) is 43.5 Å². The van der Waals surface area contributed by atoms with E-state index in [1.54, 1.807) is 6.20 Å². The van der Waals surface area contributed by atoms with Crippen LogP contribution >= 0.6 is 0 Å². The molecule has 2 aliphatic heterocycles. The van der Waals surface area contributed by atoms with Crippen molar-refractivity contribution in [2.75, 3.05) is 18.5 Å². The van der Waals surface area contributed by atoms with Gasteiger partial charge >= 0.3 is 0 Å². The molecule has 2 aliphatic rings. The summed E-state index contributed by atoms with van der Waals surface area (Å²) < 4.78 is 20.0. The molecular formula is C27H25FN6O2. The summed E-state index contributed by atoms with van der Waals surface area (Å²) in [5.41, 5.74) is 5.66. The Morgan fingerprint density at radius 1 is 1.08 bits per heavy atom. The molecule has 36 heavy (non-hydrogen) atoms. The third kappa shape index (κ3) is 4.57. The number of rotatable bonds is 6. The first kappa shape index (κ1) is 22.4. The minimum atomic E-state index is -0.536. The van der Waals surface area contributed by atoms with Crippen molar-refractivity contribution in [2.24, 2.45) is 5.92 Å². The van der Waals surface area contributed by atoms with Crippen LogP contribution in [0.5, 0.6) is 0 Å². The molecule has 1 amide bonds. The highest BCUT2D eigenvalue weighted by molar-refractivity contribution is 5.77. The van der Waals surface area contributed by atoms with Crippen LogP contribution in [-0.2, 0) is 22.6 Å². The second-order valence-electron chi connectivity index (χ2n) is 9.25. The minimum Gasteiger partial charge on any atom is -0.381 e. The van der Waals surface area contributed by atoms with Crippen LogP contribution < -0.4 is 5.32 Å². The first-order chi connectivity index (χ1) is 17.6. The highest BCUT2D eigenvalue weighted by Crippen LogP contribution is 2.30. The molecule has 1 atom stereocenters. The van der Waals surface area contributed by atoms with Crippen LogP contribution in [0.2, 0.25) is 0 Å². The lowest BCUT2D eigenvalue weighted by molar-refractivity contribution is -0.132. The number of hydrogen-bond acceptors (Lipinski definition) is 6. The van der Waals surface area contributed by atoms with Crippen molar-refractivity contribution in [3.05, 3.63) is 78.0 Å². The summed E-state index contributed by atoms with van der Waals surface area (Å²) in [4.78, 5) is 23.3. The third-order valence-corrected chi connectivity index (χ3v) is 6.75. The molecule has 8 nitrogen and oxygen atoms in total. The molecule has 182 valence electrons. The van der Waals surface area contributed by atoms with Crippen molar-refractivity contribution < 1.29 is 13.9 Å². The minimum absolute atomic E-state index is 0.104. The first-order valence-corrected chi connectivity index (χ1v) is 12.0. The molecule has 4 aromatic rings. The zero-order chi connectivity index (χ0) is 24.5. The molecule has 2 aromatic heterocycles. The molecule has 0 aliphatic carbocycles. The molecule has 0 radical (unpaired) electrons. The number of halogens is 1. The van der Waals surface area contributed by atoms with Gasteiger partial charge in [-0.3, -0.25) is 9.89 Å². The van der Waals surface area contributed by atoms with Crippen molar-refractivity contribution in [1.82, 2.24) is 25.1 Å². The summed E-state index contributed by atoms with van der Waals surface area (Å²) in [6.07, 6.45) is 6.21. The molecular weight excluding hydrogens is 459 g/mol. The summed E-state index contributed by atoms with van der Waals surface area (Å²) in [6.45, 7) is 2.58. The number of hydrogen-bond donors (Lipinski definition) is 2. The van der Waals surface area contributed by atoms with E-state index in [2.05, 4.69) is 25.5 Å². The van der Waals surface area contributed by atoms with E-state index in [-0.39, 0.29) is 11.7 Å². The summed E-state index contributed by atoms with van der Waals surface area (Å²) >= 11 is 0. The number of amides is 1.